The molecule has 120 valence electrons. The highest BCUT2D eigenvalue weighted by Crippen LogP contribution is 2.43. The summed E-state index contributed by atoms with van der Waals surface area (Å²) >= 11 is 3.62. The van der Waals surface area contributed by atoms with Gasteiger partial charge in [-0.05, 0) is 40.4 Å². The van der Waals surface area contributed by atoms with E-state index in [0.717, 1.165) is 15.8 Å². The average Bonchev–Trinajstić information content (AvgIpc) is 2.40. The first-order valence-electron chi connectivity index (χ1n) is 7.72. The summed E-state index contributed by atoms with van der Waals surface area (Å²) in [5.41, 5.74) is 2.96. The van der Waals surface area contributed by atoms with Crippen molar-refractivity contribution in [3.8, 4) is 5.75 Å². The van der Waals surface area contributed by atoms with Gasteiger partial charge in [-0.15, -0.1) is 0 Å². The van der Waals surface area contributed by atoms with Gasteiger partial charge in [-0.25, -0.2) is 0 Å². The molecule has 1 aromatic carbocycles. The first-order valence-corrected chi connectivity index (χ1v) is 10.6. The standard InChI is InChI=1S/C17H29BrO2Si/c1-12(2)21(13(3)4,14(5)6)20-11-15-10-16(19-7)8-9-17(15)18/h8-10,12-14H,11H2,1-7H3. The Bertz CT molecular complexity index is 436. The number of benzene rings is 1. The molecule has 0 aliphatic carbocycles. The first kappa shape index (κ1) is 18.7. The largest absolute Gasteiger partial charge is 0.497 e. The van der Waals surface area contributed by atoms with Crippen LogP contribution in [0.3, 0.4) is 0 Å². The van der Waals surface area contributed by atoms with Gasteiger partial charge in [0, 0.05) is 4.47 Å². The van der Waals surface area contributed by atoms with Crippen molar-refractivity contribution in [3.05, 3.63) is 28.2 Å². The van der Waals surface area contributed by atoms with Crippen LogP contribution in [0.4, 0.5) is 0 Å². The Morgan fingerprint density at radius 3 is 1.95 bits per heavy atom. The molecule has 0 N–H and O–H groups in total. The second-order valence-electron chi connectivity index (χ2n) is 6.56. The number of methoxy groups -OCH3 is 1. The van der Waals surface area contributed by atoms with Gasteiger partial charge in [0.05, 0.1) is 13.7 Å². The van der Waals surface area contributed by atoms with Gasteiger partial charge in [-0.2, -0.15) is 0 Å². The van der Waals surface area contributed by atoms with Crippen LogP contribution in [-0.2, 0) is 11.0 Å². The minimum absolute atomic E-state index is 0.599. The lowest BCUT2D eigenvalue weighted by molar-refractivity contribution is 0.264. The van der Waals surface area contributed by atoms with Crippen LogP contribution < -0.4 is 4.74 Å². The second kappa shape index (κ2) is 7.79. The van der Waals surface area contributed by atoms with Crippen LogP contribution >= 0.6 is 15.9 Å². The molecule has 0 amide bonds. The van der Waals surface area contributed by atoms with Crippen molar-refractivity contribution in [3.63, 3.8) is 0 Å². The van der Waals surface area contributed by atoms with E-state index in [1.54, 1.807) is 7.11 Å². The fourth-order valence-electron chi connectivity index (χ4n) is 3.49. The molecule has 0 radical (unpaired) electrons. The summed E-state index contributed by atoms with van der Waals surface area (Å²) in [5, 5.41) is 0. The van der Waals surface area contributed by atoms with E-state index in [4.69, 9.17) is 9.16 Å². The van der Waals surface area contributed by atoms with Crippen LogP contribution in [0, 0.1) is 0 Å². The minimum atomic E-state index is -1.82. The summed E-state index contributed by atoms with van der Waals surface area (Å²) in [6.07, 6.45) is 0. The van der Waals surface area contributed by atoms with Gasteiger partial charge in [0.2, 0.25) is 8.32 Å². The van der Waals surface area contributed by atoms with E-state index in [2.05, 4.69) is 63.5 Å². The Hall–Kier alpha value is -0.323. The van der Waals surface area contributed by atoms with Crippen molar-refractivity contribution >= 4 is 24.2 Å². The van der Waals surface area contributed by atoms with Gasteiger partial charge >= 0.3 is 0 Å². The summed E-state index contributed by atoms with van der Waals surface area (Å²) < 4.78 is 13.0. The van der Waals surface area contributed by atoms with Crippen molar-refractivity contribution in [2.75, 3.05) is 7.11 Å². The Morgan fingerprint density at radius 1 is 1.00 bits per heavy atom. The summed E-state index contributed by atoms with van der Waals surface area (Å²) in [4.78, 5) is 0. The maximum atomic E-state index is 6.63. The molecule has 0 saturated heterocycles. The maximum absolute atomic E-state index is 6.63. The minimum Gasteiger partial charge on any atom is -0.497 e. The molecular weight excluding hydrogens is 344 g/mol. The Morgan fingerprint density at radius 2 is 1.52 bits per heavy atom. The van der Waals surface area contributed by atoms with Gasteiger partial charge < -0.3 is 9.16 Å². The molecule has 4 heteroatoms. The monoisotopic (exact) mass is 372 g/mol. The van der Waals surface area contributed by atoms with Crippen molar-refractivity contribution in [1.82, 2.24) is 0 Å². The normalized spacial score (nSPS) is 12.5. The Balaban J connectivity index is 3.02. The smallest absolute Gasteiger partial charge is 0.200 e. The molecule has 0 aromatic heterocycles. The van der Waals surface area contributed by atoms with Gasteiger partial charge in [0.25, 0.3) is 0 Å². The Kier molecular flexibility index (Phi) is 6.95. The van der Waals surface area contributed by atoms with Crippen molar-refractivity contribution in [2.24, 2.45) is 0 Å². The molecule has 21 heavy (non-hydrogen) atoms. The molecule has 0 spiro atoms. The lowest BCUT2D eigenvalue weighted by Crippen LogP contribution is -2.47. The number of ether oxygens (including phenoxy) is 1. The topological polar surface area (TPSA) is 18.5 Å². The van der Waals surface area contributed by atoms with E-state index >= 15 is 0 Å². The number of halogens is 1. The number of hydrogen-bond donors (Lipinski definition) is 0. The van der Waals surface area contributed by atoms with E-state index in [0.29, 0.717) is 23.2 Å². The van der Waals surface area contributed by atoms with Crippen LogP contribution in [-0.4, -0.2) is 15.4 Å². The average molecular weight is 373 g/mol. The van der Waals surface area contributed by atoms with Crippen LogP contribution in [0.15, 0.2) is 22.7 Å². The Labute approximate surface area is 139 Å². The molecule has 0 aliphatic heterocycles. The van der Waals surface area contributed by atoms with Crippen molar-refractivity contribution in [2.45, 2.75) is 64.8 Å². The molecule has 1 aromatic rings. The molecule has 0 fully saturated rings. The lowest BCUT2D eigenvalue weighted by Gasteiger charge is -2.42. The molecule has 0 bridgehead atoms. The van der Waals surface area contributed by atoms with Crippen molar-refractivity contribution in [1.29, 1.82) is 0 Å². The lowest BCUT2D eigenvalue weighted by atomic mass is 10.2. The summed E-state index contributed by atoms with van der Waals surface area (Å²) in [6.45, 7) is 14.5. The van der Waals surface area contributed by atoms with E-state index < -0.39 is 8.32 Å². The highest BCUT2D eigenvalue weighted by atomic mass is 79.9. The number of hydrogen-bond acceptors (Lipinski definition) is 2. The highest BCUT2D eigenvalue weighted by molar-refractivity contribution is 9.10. The first-order chi connectivity index (χ1) is 9.75. The van der Waals surface area contributed by atoms with E-state index in [-0.39, 0.29) is 0 Å². The van der Waals surface area contributed by atoms with E-state index in [9.17, 15) is 0 Å². The molecule has 0 atom stereocenters. The molecule has 0 heterocycles. The van der Waals surface area contributed by atoms with Crippen LogP contribution in [0.5, 0.6) is 5.75 Å². The molecule has 0 aliphatic rings. The summed E-state index contributed by atoms with van der Waals surface area (Å²) in [7, 11) is -0.125. The van der Waals surface area contributed by atoms with Gasteiger partial charge in [0.1, 0.15) is 5.75 Å². The summed E-state index contributed by atoms with van der Waals surface area (Å²) in [5.74, 6) is 0.878. The molecule has 0 saturated carbocycles. The van der Waals surface area contributed by atoms with Crippen molar-refractivity contribution < 1.29 is 9.16 Å². The van der Waals surface area contributed by atoms with Gasteiger partial charge in [-0.3, -0.25) is 0 Å². The molecule has 1 rings (SSSR count). The molecule has 0 unspecified atom stereocenters. The maximum Gasteiger partial charge on any atom is 0.200 e. The highest BCUT2D eigenvalue weighted by Gasteiger charge is 2.45. The van der Waals surface area contributed by atoms with E-state index in [1.165, 1.54) is 0 Å². The van der Waals surface area contributed by atoms with Crippen LogP contribution in [0.2, 0.25) is 16.6 Å². The predicted molar refractivity (Wildman–Crippen MR) is 96.5 cm³/mol. The van der Waals surface area contributed by atoms with Crippen LogP contribution in [0.25, 0.3) is 0 Å². The van der Waals surface area contributed by atoms with E-state index in [1.807, 2.05) is 12.1 Å². The van der Waals surface area contributed by atoms with Gasteiger partial charge in [0.15, 0.2) is 0 Å². The third-order valence-electron chi connectivity index (χ3n) is 4.44. The van der Waals surface area contributed by atoms with Gasteiger partial charge in [-0.1, -0.05) is 57.5 Å². The fraction of sp³-hybridized carbons (Fsp3) is 0.647. The SMILES string of the molecule is COc1ccc(Br)c(CO[Si](C(C)C)(C(C)C)C(C)C)c1. The third kappa shape index (κ3) is 4.11. The zero-order valence-corrected chi connectivity index (χ0v) is 17.0. The number of rotatable bonds is 7. The molecule has 2 nitrogen and oxygen atoms in total. The third-order valence-corrected chi connectivity index (χ3v) is 11.3. The summed E-state index contributed by atoms with van der Waals surface area (Å²) in [6, 6.07) is 6.05. The zero-order valence-electron chi connectivity index (χ0n) is 14.4. The quantitative estimate of drug-likeness (QED) is 0.534. The second-order valence-corrected chi connectivity index (χ2v) is 12.9. The fourth-order valence-corrected chi connectivity index (χ4v) is 9.26. The zero-order chi connectivity index (χ0) is 16.2. The van der Waals surface area contributed by atoms with Crippen LogP contribution in [0.1, 0.15) is 47.1 Å². The molecular formula is C17H29BrO2Si. The predicted octanol–water partition coefficient (Wildman–Crippen LogP) is 6.15.